The van der Waals surface area contributed by atoms with E-state index in [2.05, 4.69) is 17.4 Å². The number of benzene rings is 1. The van der Waals surface area contributed by atoms with Crippen LogP contribution in [0, 0.1) is 0 Å². The van der Waals surface area contributed by atoms with Gasteiger partial charge in [0.1, 0.15) is 0 Å². The average molecular weight is 339 g/mol. The SMILES string of the molecule is O=C(NCC1(c2ccc(Cl)cc2)CCC1)N1CCOC(CO)C1. The molecule has 2 amide bonds. The van der Waals surface area contributed by atoms with E-state index in [9.17, 15) is 9.90 Å². The summed E-state index contributed by atoms with van der Waals surface area (Å²) in [6.45, 7) is 2.06. The molecule has 6 heteroatoms. The molecule has 0 radical (unpaired) electrons. The van der Waals surface area contributed by atoms with Crippen molar-refractivity contribution in [2.45, 2.75) is 30.8 Å². The highest BCUT2D eigenvalue weighted by Gasteiger charge is 2.39. The molecule has 1 aromatic rings. The lowest BCUT2D eigenvalue weighted by Crippen LogP contribution is -2.53. The van der Waals surface area contributed by atoms with Crippen LogP contribution in [0.2, 0.25) is 5.02 Å². The molecule has 3 rings (SSSR count). The Kier molecular flexibility index (Phi) is 5.09. The van der Waals surface area contributed by atoms with Crippen LogP contribution >= 0.6 is 11.6 Å². The van der Waals surface area contributed by atoms with Gasteiger partial charge in [-0.05, 0) is 30.5 Å². The minimum Gasteiger partial charge on any atom is -0.394 e. The zero-order valence-electron chi connectivity index (χ0n) is 13.1. The maximum absolute atomic E-state index is 12.4. The molecule has 0 spiro atoms. The number of nitrogens with zero attached hydrogens (tertiary/aromatic N) is 1. The average Bonchev–Trinajstić information content (AvgIpc) is 2.55. The molecule has 0 aromatic heterocycles. The maximum Gasteiger partial charge on any atom is 0.317 e. The number of ether oxygens (including phenoxy) is 1. The third-order valence-electron chi connectivity index (χ3n) is 4.97. The molecule has 1 aliphatic carbocycles. The van der Waals surface area contributed by atoms with Crippen molar-refractivity contribution in [3.63, 3.8) is 0 Å². The second-order valence-electron chi connectivity index (χ2n) is 6.42. The number of hydrogen-bond acceptors (Lipinski definition) is 3. The molecule has 126 valence electrons. The second-order valence-corrected chi connectivity index (χ2v) is 6.86. The first kappa shape index (κ1) is 16.6. The largest absolute Gasteiger partial charge is 0.394 e. The van der Waals surface area contributed by atoms with E-state index in [1.807, 2.05) is 12.1 Å². The molecular formula is C17H23ClN2O3. The van der Waals surface area contributed by atoms with Gasteiger partial charge in [-0.25, -0.2) is 4.79 Å². The summed E-state index contributed by atoms with van der Waals surface area (Å²) in [5, 5.41) is 13.0. The van der Waals surface area contributed by atoms with Gasteiger partial charge < -0.3 is 20.1 Å². The first-order chi connectivity index (χ1) is 11.1. The van der Waals surface area contributed by atoms with Crippen molar-refractivity contribution in [1.29, 1.82) is 0 Å². The summed E-state index contributed by atoms with van der Waals surface area (Å²) in [6.07, 6.45) is 3.07. The van der Waals surface area contributed by atoms with Crippen LogP contribution in [0.15, 0.2) is 24.3 Å². The molecule has 5 nitrogen and oxygen atoms in total. The normalized spacial score (nSPS) is 23.2. The Bertz CT molecular complexity index is 545. The van der Waals surface area contributed by atoms with E-state index in [1.165, 1.54) is 12.0 Å². The molecule has 1 unspecified atom stereocenters. The third kappa shape index (κ3) is 3.62. The van der Waals surface area contributed by atoms with E-state index in [4.69, 9.17) is 16.3 Å². The number of carbonyl (C=O) groups excluding carboxylic acids is 1. The second kappa shape index (κ2) is 7.07. The number of carbonyl (C=O) groups is 1. The molecule has 1 saturated heterocycles. The summed E-state index contributed by atoms with van der Waals surface area (Å²) in [5.74, 6) is 0. The Morgan fingerprint density at radius 2 is 2.13 bits per heavy atom. The van der Waals surface area contributed by atoms with Crippen LogP contribution in [0.5, 0.6) is 0 Å². The summed E-state index contributed by atoms with van der Waals surface area (Å²) >= 11 is 5.97. The predicted octanol–water partition coefficient (Wildman–Crippen LogP) is 2.16. The smallest absolute Gasteiger partial charge is 0.317 e. The van der Waals surface area contributed by atoms with Crippen LogP contribution in [-0.4, -0.2) is 55.0 Å². The molecule has 0 bridgehead atoms. The minimum absolute atomic E-state index is 0.0307. The summed E-state index contributed by atoms with van der Waals surface area (Å²) in [7, 11) is 0. The zero-order valence-corrected chi connectivity index (χ0v) is 13.9. The molecule has 1 aromatic carbocycles. The maximum atomic E-state index is 12.4. The van der Waals surface area contributed by atoms with Crippen molar-refractivity contribution < 1.29 is 14.6 Å². The van der Waals surface area contributed by atoms with Gasteiger partial charge in [-0.1, -0.05) is 30.2 Å². The van der Waals surface area contributed by atoms with Crippen LogP contribution in [0.1, 0.15) is 24.8 Å². The van der Waals surface area contributed by atoms with E-state index >= 15 is 0 Å². The molecule has 2 fully saturated rings. The van der Waals surface area contributed by atoms with E-state index in [1.54, 1.807) is 4.90 Å². The van der Waals surface area contributed by atoms with Crippen molar-refractivity contribution in [1.82, 2.24) is 10.2 Å². The number of rotatable bonds is 4. The fraction of sp³-hybridized carbons (Fsp3) is 0.588. The molecule has 1 heterocycles. The lowest BCUT2D eigenvalue weighted by molar-refractivity contribution is -0.0404. The first-order valence-electron chi connectivity index (χ1n) is 8.14. The number of halogens is 1. The summed E-state index contributed by atoms with van der Waals surface area (Å²) in [4.78, 5) is 14.1. The Balaban J connectivity index is 1.59. The number of aliphatic hydroxyl groups is 1. The van der Waals surface area contributed by atoms with Crippen LogP contribution in [-0.2, 0) is 10.2 Å². The Labute approximate surface area is 141 Å². The molecule has 1 saturated carbocycles. The fourth-order valence-electron chi connectivity index (χ4n) is 3.35. The highest BCUT2D eigenvalue weighted by atomic mass is 35.5. The Morgan fingerprint density at radius 1 is 1.39 bits per heavy atom. The lowest BCUT2D eigenvalue weighted by atomic mass is 9.64. The number of aliphatic hydroxyl groups excluding tert-OH is 1. The van der Waals surface area contributed by atoms with Gasteiger partial charge in [-0.3, -0.25) is 0 Å². The van der Waals surface area contributed by atoms with E-state index < -0.39 is 0 Å². The number of morpholine rings is 1. The number of hydrogen-bond donors (Lipinski definition) is 2. The van der Waals surface area contributed by atoms with Gasteiger partial charge in [0.15, 0.2) is 0 Å². The summed E-state index contributed by atoms with van der Waals surface area (Å²) in [5.41, 5.74) is 1.27. The Hall–Kier alpha value is -1.30. The quantitative estimate of drug-likeness (QED) is 0.884. The molecule has 1 atom stereocenters. The number of amides is 2. The monoisotopic (exact) mass is 338 g/mol. The highest BCUT2D eigenvalue weighted by Crippen LogP contribution is 2.43. The van der Waals surface area contributed by atoms with E-state index in [-0.39, 0.29) is 24.2 Å². The summed E-state index contributed by atoms with van der Waals surface area (Å²) in [6, 6.07) is 7.86. The topological polar surface area (TPSA) is 61.8 Å². The summed E-state index contributed by atoms with van der Waals surface area (Å²) < 4.78 is 5.38. The zero-order chi connectivity index (χ0) is 16.3. The van der Waals surface area contributed by atoms with Gasteiger partial charge >= 0.3 is 6.03 Å². The number of urea groups is 1. The minimum atomic E-state index is -0.275. The van der Waals surface area contributed by atoms with Crippen molar-refractivity contribution >= 4 is 17.6 Å². The van der Waals surface area contributed by atoms with Crippen molar-refractivity contribution in [2.75, 3.05) is 32.8 Å². The molecule has 2 aliphatic rings. The molecule has 2 N–H and O–H groups in total. The fourth-order valence-corrected chi connectivity index (χ4v) is 3.47. The van der Waals surface area contributed by atoms with E-state index in [0.717, 1.165) is 17.9 Å². The van der Waals surface area contributed by atoms with E-state index in [0.29, 0.717) is 26.2 Å². The van der Waals surface area contributed by atoms with Crippen LogP contribution in [0.25, 0.3) is 0 Å². The standard InChI is InChI=1S/C17H23ClN2O3/c18-14-4-2-13(3-5-14)17(6-1-7-17)12-19-16(22)20-8-9-23-15(10-20)11-21/h2-5,15,21H,1,6-12H2,(H,19,22). The Morgan fingerprint density at radius 3 is 2.74 bits per heavy atom. The first-order valence-corrected chi connectivity index (χ1v) is 8.52. The van der Waals surface area contributed by atoms with Gasteiger partial charge in [0.2, 0.25) is 0 Å². The number of nitrogens with one attached hydrogen (secondary N) is 1. The van der Waals surface area contributed by atoms with Gasteiger partial charge in [0, 0.05) is 23.5 Å². The molecule has 23 heavy (non-hydrogen) atoms. The van der Waals surface area contributed by atoms with Gasteiger partial charge in [-0.2, -0.15) is 0 Å². The van der Waals surface area contributed by atoms with Crippen LogP contribution < -0.4 is 5.32 Å². The van der Waals surface area contributed by atoms with Gasteiger partial charge in [0.25, 0.3) is 0 Å². The van der Waals surface area contributed by atoms with Crippen molar-refractivity contribution in [3.05, 3.63) is 34.9 Å². The van der Waals surface area contributed by atoms with Crippen molar-refractivity contribution in [2.24, 2.45) is 0 Å². The van der Waals surface area contributed by atoms with Crippen molar-refractivity contribution in [3.8, 4) is 0 Å². The van der Waals surface area contributed by atoms with Gasteiger partial charge in [-0.15, -0.1) is 0 Å². The van der Waals surface area contributed by atoms with Gasteiger partial charge in [0.05, 0.1) is 25.9 Å². The van der Waals surface area contributed by atoms with Crippen LogP contribution in [0.4, 0.5) is 4.79 Å². The lowest BCUT2D eigenvalue weighted by Gasteiger charge is -2.43. The molecule has 1 aliphatic heterocycles. The highest BCUT2D eigenvalue weighted by molar-refractivity contribution is 6.30. The third-order valence-corrected chi connectivity index (χ3v) is 5.23. The molecular weight excluding hydrogens is 316 g/mol. The predicted molar refractivity (Wildman–Crippen MR) is 88.8 cm³/mol. The van der Waals surface area contributed by atoms with Crippen LogP contribution in [0.3, 0.4) is 0 Å².